The number of aliphatic hydroxyl groups excluding tert-OH is 1. The van der Waals surface area contributed by atoms with E-state index >= 15 is 0 Å². The number of carbonyl (C=O) groups is 1. The number of carboxylic acids is 1. The van der Waals surface area contributed by atoms with Gasteiger partial charge in [-0.2, -0.15) is 0 Å². The molecule has 0 saturated carbocycles. The molecular weight excluding hydrogens is 234 g/mol. The number of likely N-dealkylation sites (N-methyl/N-ethyl adjacent to an activating group) is 1. The highest BCUT2D eigenvalue weighted by atomic mass is 16.5. The van der Waals surface area contributed by atoms with Crippen LogP contribution in [0.4, 0.5) is 0 Å². The van der Waals surface area contributed by atoms with Gasteiger partial charge in [0.25, 0.3) is 0 Å². The number of carbonyl (C=O) groups excluding carboxylic acids is 1. The molecule has 0 aliphatic heterocycles. The molecule has 0 aliphatic rings. The molecule has 0 aromatic heterocycles. The van der Waals surface area contributed by atoms with Crippen LogP contribution in [0, 0.1) is 0 Å². The van der Waals surface area contributed by atoms with E-state index in [1.54, 1.807) is 12.1 Å². The predicted molar refractivity (Wildman–Crippen MR) is 64.6 cm³/mol. The lowest BCUT2D eigenvalue weighted by molar-refractivity contribution is -0.880. The first-order valence-electron chi connectivity index (χ1n) is 6.00. The highest BCUT2D eigenvalue weighted by Gasteiger charge is 2.01. The minimum atomic E-state index is -1.20. The number of benzene rings is 1. The third-order valence-corrected chi connectivity index (χ3v) is 2.62. The van der Waals surface area contributed by atoms with Crippen LogP contribution in [0.5, 0.6) is 5.75 Å². The van der Waals surface area contributed by atoms with Crippen LogP contribution in [0.1, 0.15) is 16.8 Å². The van der Waals surface area contributed by atoms with Gasteiger partial charge in [0, 0.05) is 12.0 Å². The smallest absolute Gasteiger partial charge is 0.119 e. The third kappa shape index (κ3) is 5.16. The van der Waals surface area contributed by atoms with Crippen molar-refractivity contribution in [2.45, 2.75) is 6.42 Å². The molecule has 0 amide bonds. The number of hydrogen-bond donors (Lipinski definition) is 2. The van der Waals surface area contributed by atoms with Gasteiger partial charge >= 0.3 is 0 Å². The number of carboxylic acid groups (broad SMARTS) is 1. The first-order valence-corrected chi connectivity index (χ1v) is 6.00. The van der Waals surface area contributed by atoms with Gasteiger partial charge in [-0.25, -0.2) is 0 Å². The van der Waals surface area contributed by atoms with Crippen molar-refractivity contribution in [2.24, 2.45) is 0 Å². The molecule has 2 N–H and O–H groups in total. The standard InChI is InChI=1S/C13H19NO4/c1-14(7-8-15)6-3-9-18-12-5-2-4-11(10-12)13(16)17/h2,4-5,10,15H,3,6-9H2,1H3,(H,16,17). The second-order valence-electron chi connectivity index (χ2n) is 4.20. The van der Waals surface area contributed by atoms with Crippen molar-refractivity contribution in [1.29, 1.82) is 0 Å². The lowest BCUT2D eigenvalue weighted by Gasteiger charge is -2.13. The largest absolute Gasteiger partial charge is 0.545 e. The Morgan fingerprint density at radius 1 is 1.44 bits per heavy atom. The first-order chi connectivity index (χ1) is 8.63. The summed E-state index contributed by atoms with van der Waals surface area (Å²) >= 11 is 0. The number of rotatable bonds is 8. The van der Waals surface area contributed by atoms with Crippen molar-refractivity contribution < 1.29 is 24.6 Å². The molecule has 100 valence electrons. The molecule has 0 radical (unpaired) electrons. The molecule has 1 aromatic carbocycles. The van der Waals surface area contributed by atoms with E-state index in [4.69, 9.17) is 9.84 Å². The maximum Gasteiger partial charge on any atom is 0.119 e. The highest BCUT2D eigenvalue weighted by Crippen LogP contribution is 2.12. The zero-order valence-corrected chi connectivity index (χ0v) is 10.5. The van der Waals surface area contributed by atoms with Gasteiger partial charge in [0.1, 0.15) is 12.3 Å². The summed E-state index contributed by atoms with van der Waals surface area (Å²) in [5.74, 6) is -0.663. The molecule has 1 aromatic rings. The van der Waals surface area contributed by atoms with Crippen LogP contribution in [0.3, 0.4) is 0 Å². The Balaban J connectivity index is 2.31. The van der Waals surface area contributed by atoms with Crippen LogP contribution < -0.4 is 14.7 Å². The summed E-state index contributed by atoms with van der Waals surface area (Å²) in [6.45, 7) is 2.33. The number of ether oxygens (including phenoxy) is 1. The van der Waals surface area contributed by atoms with E-state index in [2.05, 4.69) is 0 Å². The molecule has 1 rings (SSSR count). The molecule has 0 bridgehead atoms. The zero-order valence-electron chi connectivity index (χ0n) is 10.5. The van der Waals surface area contributed by atoms with Crippen molar-refractivity contribution in [2.75, 3.05) is 33.4 Å². The lowest BCUT2D eigenvalue weighted by Crippen LogP contribution is -3.09. The number of hydrogen-bond acceptors (Lipinski definition) is 4. The minimum Gasteiger partial charge on any atom is -0.545 e. The van der Waals surface area contributed by atoms with Gasteiger partial charge in [0.15, 0.2) is 0 Å². The summed E-state index contributed by atoms with van der Waals surface area (Å²) in [6.07, 6.45) is 0.849. The van der Waals surface area contributed by atoms with Crippen molar-refractivity contribution in [3.05, 3.63) is 29.8 Å². The summed E-state index contributed by atoms with van der Waals surface area (Å²) in [5, 5.41) is 19.4. The second-order valence-corrected chi connectivity index (χ2v) is 4.20. The van der Waals surface area contributed by atoms with Gasteiger partial charge in [-0.1, -0.05) is 12.1 Å². The average Bonchev–Trinajstić information content (AvgIpc) is 2.35. The third-order valence-electron chi connectivity index (χ3n) is 2.62. The van der Waals surface area contributed by atoms with E-state index in [1.165, 1.54) is 17.0 Å². The molecule has 1 unspecified atom stereocenters. The minimum absolute atomic E-state index is 0.121. The van der Waals surface area contributed by atoms with Gasteiger partial charge < -0.3 is 24.6 Å². The molecule has 18 heavy (non-hydrogen) atoms. The predicted octanol–water partition coefficient (Wildman–Crippen LogP) is -1.67. The number of quaternary nitrogens is 1. The Bertz CT molecular complexity index is 381. The van der Waals surface area contributed by atoms with Crippen LogP contribution in [0.25, 0.3) is 0 Å². The highest BCUT2D eigenvalue weighted by molar-refractivity contribution is 5.86. The number of nitrogens with one attached hydrogen (secondary N) is 1. The number of aromatic carboxylic acids is 1. The monoisotopic (exact) mass is 253 g/mol. The fourth-order valence-corrected chi connectivity index (χ4v) is 1.59. The molecule has 0 fully saturated rings. The maximum atomic E-state index is 10.7. The summed E-state index contributed by atoms with van der Waals surface area (Å²) in [5.41, 5.74) is 0.121. The van der Waals surface area contributed by atoms with E-state index in [0.29, 0.717) is 12.4 Å². The Kier molecular flexibility index (Phi) is 6.18. The van der Waals surface area contributed by atoms with Gasteiger partial charge in [0.2, 0.25) is 0 Å². The second kappa shape index (κ2) is 7.68. The molecule has 5 nitrogen and oxygen atoms in total. The lowest BCUT2D eigenvalue weighted by atomic mass is 10.2. The fourth-order valence-electron chi connectivity index (χ4n) is 1.59. The van der Waals surface area contributed by atoms with Crippen LogP contribution >= 0.6 is 0 Å². The molecule has 1 atom stereocenters. The van der Waals surface area contributed by atoms with Gasteiger partial charge in [-0.15, -0.1) is 0 Å². The SMILES string of the molecule is C[NH+](CCO)CCCOc1cccc(C(=O)[O-])c1. The quantitative estimate of drug-likeness (QED) is 0.543. The molecule has 0 spiro atoms. The Hall–Kier alpha value is -1.59. The van der Waals surface area contributed by atoms with E-state index in [1.807, 2.05) is 7.05 Å². The van der Waals surface area contributed by atoms with Gasteiger partial charge in [-0.3, -0.25) is 0 Å². The molecule has 0 heterocycles. The van der Waals surface area contributed by atoms with Crippen molar-refractivity contribution in [3.63, 3.8) is 0 Å². The van der Waals surface area contributed by atoms with Crippen LogP contribution in [-0.2, 0) is 0 Å². The van der Waals surface area contributed by atoms with E-state index < -0.39 is 5.97 Å². The summed E-state index contributed by atoms with van der Waals surface area (Å²) in [6, 6.07) is 6.28. The van der Waals surface area contributed by atoms with Gasteiger partial charge in [-0.05, 0) is 12.1 Å². The van der Waals surface area contributed by atoms with E-state index in [0.717, 1.165) is 19.5 Å². The summed E-state index contributed by atoms with van der Waals surface area (Å²) in [4.78, 5) is 11.9. The molecule has 0 aliphatic carbocycles. The molecular formula is C13H19NO4. The van der Waals surface area contributed by atoms with Crippen molar-refractivity contribution in [3.8, 4) is 5.75 Å². The summed E-state index contributed by atoms with van der Waals surface area (Å²) < 4.78 is 5.46. The Morgan fingerprint density at radius 2 is 2.22 bits per heavy atom. The zero-order chi connectivity index (χ0) is 13.4. The maximum absolute atomic E-state index is 10.7. The number of aliphatic hydroxyl groups is 1. The molecule has 0 saturated heterocycles. The first kappa shape index (κ1) is 14.5. The van der Waals surface area contributed by atoms with E-state index in [-0.39, 0.29) is 12.2 Å². The van der Waals surface area contributed by atoms with Crippen molar-refractivity contribution >= 4 is 5.97 Å². The summed E-state index contributed by atoms with van der Waals surface area (Å²) in [7, 11) is 2.01. The Morgan fingerprint density at radius 3 is 2.89 bits per heavy atom. The van der Waals surface area contributed by atoms with Crippen LogP contribution in [-0.4, -0.2) is 44.4 Å². The Labute approximate surface area is 107 Å². The van der Waals surface area contributed by atoms with Crippen LogP contribution in [0.15, 0.2) is 24.3 Å². The normalized spacial score (nSPS) is 12.1. The molecule has 5 heteroatoms. The topological polar surface area (TPSA) is 74.0 Å². The van der Waals surface area contributed by atoms with Gasteiger partial charge in [0.05, 0.1) is 32.8 Å². The van der Waals surface area contributed by atoms with Crippen molar-refractivity contribution in [1.82, 2.24) is 0 Å². The van der Waals surface area contributed by atoms with Crippen LogP contribution in [0.2, 0.25) is 0 Å². The fraction of sp³-hybridized carbons (Fsp3) is 0.462. The average molecular weight is 253 g/mol. The van der Waals surface area contributed by atoms with E-state index in [9.17, 15) is 9.90 Å².